The van der Waals surface area contributed by atoms with Crippen LogP contribution in [0.3, 0.4) is 0 Å². The molecule has 0 rings (SSSR count). The molecular weight excluding hydrogens is 596 g/mol. The molecule has 5 heteroatoms. The maximum absolute atomic E-state index is 12.2. The van der Waals surface area contributed by atoms with Gasteiger partial charge in [0, 0.05) is 12.8 Å². The highest BCUT2D eigenvalue weighted by Gasteiger charge is 2.16. The van der Waals surface area contributed by atoms with Gasteiger partial charge >= 0.3 is 11.9 Å². The van der Waals surface area contributed by atoms with Crippen molar-refractivity contribution >= 4 is 11.9 Å². The topological polar surface area (TPSA) is 72.8 Å². The third-order valence-corrected chi connectivity index (χ3v) is 8.30. The maximum atomic E-state index is 12.2. The van der Waals surface area contributed by atoms with Gasteiger partial charge in [-0.1, -0.05) is 152 Å². The minimum atomic E-state index is -0.781. The number of rotatable bonds is 35. The summed E-state index contributed by atoms with van der Waals surface area (Å²) >= 11 is 0. The second kappa shape index (κ2) is 39.0. The molecule has 0 radical (unpaired) electrons. The number of hydrogen-bond acceptors (Lipinski definition) is 5. The highest BCUT2D eigenvalue weighted by atomic mass is 16.6. The van der Waals surface area contributed by atoms with Crippen molar-refractivity contribution in [2.45, 2.75) is 187 Å². The van der Waals surface area contributed by atoms with Crippen LogP contribution in [-0.4, -0.2) is 36.4 Å². The molecule has 48 heavy (non-hydrogen) atoms. The molecule has 0 saturated heterocycles. The molecule has 0 spiro atoms. The summed E-state index contributed by atoms with van der Waals surface area (Å²) in [5.41, 5.74) is 0. The highest BCUT2D eigenvalue weighted by molar-refractivity contribution is 5.70. The zero-order valence-electron chi connectivity index (χ0n) is 31.2. The third-order valence-electron chi connectivity index (χ3n) is 8.30. The number of unbranched alkanes of at least 4 members (excludes halogenated alkanes) is 17. The van der Waals surface area contributed by atoms with Gasteiger partial charge in [0.2, 0.25) is 0 Å². The molecular formula is C43H74O5. The molecule has 5 nitrogen and oxygen atoms in total. The number of aliphatic hydroxyl groups excluding tert-OH is 1. The first-order valence-electron chi connectivity index (χ1n) is 19.8. The van der Waals surface area contributed by atoms with Crippen LogP contribution >= 0.6 is 0 Å². The molecule has 1 N–H and O–H groups in total. The molecule has 0 aromatic rings. The number of hydrogen-bond donors (Lipinski definition) is 1. The van der Waals surface area contributed by atoms with Crippen LogP contribution in [0.4, 0.5) is 0 Å². The molecule has 1 unspecified atom stereocenters. The highest BCUT2D eigenvalue weighted by Crippen LogP contribution is 2.13. The first kappa shape index (κ1) is 45.6. The second-order valence-corrected chi connectivity index (χ2v) is 13.0. The number of allylic oxidation sites excluding steroid dienone is 10. The summed E-state index contributed by atoms with van der Waals surface area (Å²) in [6, 6.07) is 0. The largest absolute Gasteiger partial charge is 0.462 e. The SMILES string of the molecule is CC/C=C\C/C=C\C/C=C\CCCCCCCCCC(=O)OC(CO)COC(=O)CCCCCCCCC/C=C\C/C=C\CCCCC. The molecule has 0 saturated carbocycles. The van der Waals surface area contributed by atoms with Gasteiger partial charge in [-0.2, -0.15) is 0 Å². The van der Waals surface area contributed by atoms with Crippen LogP contribution in [0.15, 0.2) is 60.8 Å². The van der Waals surface area contributed by atoms with E-state index in [4.69, 9.17) is 9.47 Å². The van der Waals surface area contributed by atoms with E-state index in [9.17, 15) is 14.7 Å². The van der Waals surface area contributed by atoms with Crippen molar-refractivity contribution in [3.63, 3.8) is 0 Å². The van der Waals surface area contributed by atoms with Gasteiger partial charge in [-0.05, 0) is 77.0 Å². The summed E-state index contributed by atoms with van der Waals surface area (Å²) in [5.74, 6) is -0.614. The average Bonchev–Trinajstić information content (AvgIpc) is 3.09. The van der Waals surface area contributed by atoms with Gasteiger partial charge in [-0.3, -0.25) is 9.59 Å². The molecule has 0 amide bonds. The fraction of sp³-hybridized carbons (Fsp3) is 0.721. The van der Waals surface area contributed by atoms with Crippen molar-refractivity contribution in [2.75, 3.05) is 13.2 Å². The smallest absolute Gasteiger partial charge is 0.306 e. The maximum Gasteiger partial charge on any atom is 0.306 e. The fourth-order valence-corrected chi connectivity index (χ4v) is 5.30. The normalized spacial score (nSPS) is 12.8. The van der Waals surface area contributed by atoms with Crippen molar-refractivity contribution in [3.05, 3.63) is 60.8 Å². The van der Waals surface area contributed by atoms with Gasteiger partial charge in [0.25, 0.3) is 0 Å². The zero-order chi connectivity index (χ0) is 35.0. The Morgan fingerprint density at radius 1 is 0.500 bits per heavy atom. The van der Waals surface area contributed by atoms with Crippen LogP contribution in [0.25, 0.3) is 0 Å². The van der Waals surface area contributed by atoms with E-state index in [1.165, 1.54) is 77.0 Å². The first-order chi connectivity index (χ1) is 23.6. The van der Waals surface area contributed by atoms with E-state index in [0.29, 0.717) is 12.8 Å². The summed E-state index contributed by atoms with van der Waals surface area (Å²) in [5, 5.41) is 9.56. The zero-order valence-corrected chi connectivity index (χ0v) is 31.2. The van der Waals surface area contributed by atoms with Crippen molar-refractivity contribution in [3.8, 4) is 0 Å². The molecule has 0 aromatic carbocycles. The Bertz CT molecular complexity index is 853. The van der Waals surface area contributed by atoms with Gasteiger partial charge in [-0.25, -0.2) is 0 Å². The van der Waals surface area contributed by atoms with E-state index in [1.54, 1.807) is 0 Å². The van der Waals surface area contributed by atoms with Gasteiger partial charge in [0.05, 0.1) is 6.61 Å². The average molecular weight is 671 g/mol. The molecule has 0 aliphatic heterocycles. The molecule has 1 atom stereocenters. The van der Waals surface area contributed by atoms with Crippen molar-refractivity contribution in [2.24, 2.45) is 0 Å². The van der Waals surface area contributed by atoms with E-state index in [-0.39, 0.29) is 25.2 Å². The van der Waals surface area contributed by atoms with Gasteiger partial charge in [0.15, 0.2) is 6.10 Å². The van der Waals surface area contributed by atoms with Crippen LogP contribution in [-0.2, 0) is 19.1 Å². The lowest BCUT2D eigenvalue weighted by Gasteiger charge is -2.15. The summed E-state index contributed by atoms with van der Waals surface area (Å²) in [6.45, 7) is 3.98. The Balaban J connectivity index is 3.59. The number of carbonyl (C=O) groups is 2. The summed E-state index contributed by atoms with van der Waals surface area (Å²) in [7, 11) is 0. The van der Waals surface area contributed by atoms with Crippen molar-refractivity contribution in [1.82, 2.24) is 0 Å². The Labute approximate surface area is 296 Å². The van der Waals surface area contributed by atoms with Crippen molar-refractivity contribution in [1.29, 1.82) is 0 Å². The van der Waals surface area contributed by atoms with E-state index >= 15 is 0 Å². The lowest BCUT2D eigenvalue weighted by Crippen LogP contribution is -2.28. The first-order valence-corrected chi connectivity index (χ1v) is 19.8. The van der Waals surface area contributed by atoms with E-state index < -0.39 is 6.10 Å². The van der Waals surface area contributed by atoms with E-state index in [2.05, 4.69) is 74.6 Å². The lowest BCUT2D eigenvalue weighted by atomic mass is 10.1. The minimum Gasteiger partial charge on any atom is -0.462 e. The van der Waals surface area contributed by atoms with Gasteiger partial charge in [-0.15, -0.1) is 0 Å². The molecule has 0 aliphatic rings. The van der Waals surface area contributed by atoms with Gasteiger partial charge < -0.3 is 14.6 Å². The van der Waals surface area contributed by atoms with Gasteiger partial charge in [0.1, 0.15) is 6.61 Å². The van der Waals surface area contributed by atoms with Crippen LogP contribution < -0.4 is 0 Å². The molecule has 0 bridgehead atoms. The minimum absolute atomic E-state index is 0.0761. The van der Waals surface area contributed by atoms with Crippen LogP contribution in [0.5, 0.6) is 0 Å². The summed E-state index contributed by atoms with van der Waals surface area (Å²) in [4.78, 5) is 24.3. The quantitative estimate of drug-likeness (QED) is 0.0413. The Kier molecular flexibility index (Phi) is 37.1. The Hall–Kier alpha value is -2.40. The predicted octanol–water partition coefficient (Wildman–Crippen LogP) is 12.4. The van der Waals surface area contributed by atoms with Crippen LogP contribution in [0.2, 0.25) is 0 Å². The third kappa shape index (κ3) is 36.4. The molecule has 0 aliphatic carbocycles. The number of esters is 2. The molecule has 0 aromatic heterocycles. The standard InChI is InChI=1S/C43H74O5/c1-3-5-7-9-11-13-15-17-19-21-23-25-27-29-31-33-35-37-42(45)47-40-41(39-44)48-43(46)38-36-34-32-30-28-26-24-22-20-18-16-14-12-10-8-6-4-2/h6,8,11-14,17-20,41,44H,3-5,7,9-10,15-16,21-40H2,1-2H3/b8-6-,13-11-,14-12-,19-17-,20-18-. The molecule has 276 valence electrons. The van der Waals surface area contributed by atoms with Crippen molar-refractivity contribution < 1.29 is 24.2 Å². The number of aliphatic hydroxyl groups is 1. The van der Waals surface area contributed by atoms with E-state index in [0.717, 1.165) is 77.0 Å². The summed E-state index contributed by atoms with van der Waals surface area (Å²) in [6.07, 6.45) is 49.9. The summed E-state index contributed by atoms with van der Waals surface area (Å²) < 4.78 is 10.6. The van der Waals surface area contributed by atoms with Crippen LogP contribution in [0, 0.1) is 0 Å². The second-order valence-electron chi connectivity index (χ2n) is 13.0. The fourth-order valence-electron chi connectivity index (χ4n) is 5.30. The molecule has 0 heterocycles. The van der Waals surface area contributed by atoms with E-state index in [1.807, 2.05) is 0 Å². The van der Waals surface area contributed by atoms with Crippen LogP contribution in [0.1, 0.15) is 181 Å². The molecule has 0 fully saturated rings. The number of ether oxygens (including phenoxy) is 2. The number of carbonyl (C=O) groups excluding carboxylic acids is 2. The Morgan fingerprint density at radius 3 is 1.35 bits per heavy atom. The predicted molar refractivity (Wildman–Crippen MR) is 205 cm³/mol. The Morgan fingerprint density at radius 2 is 0.896 bits per heavy atom. The lowest BCUT2D eigenvalue weighted by molar-refractivity contribution is -0.161. The monoisotopic (exact) mass is 671 g/mol.